The summed E-state index contributed by atoms with van der Waals surface area (Å²) in [6.07, 6.45) is 0.222. The molecule has 1 aromatic heterocycles. The zero-order chi connectivity index (χ0) is 15.2. The first kappa shape index (κ1) is 15.8. The zero-order valence-corrected chi connectivity index (χ0v) is 12.2. The van der Waals surface area contributed by atoms with Gasteiger partial charge in [0.25, 0.3) is 0 Å². The van der Waals surface area contributed by atoms with Gasteiger partial charge in [-0.3, -0.25) is 4.79 Å². The average Bonchev–Trinajstić information content (AvgIpc) is 2.90. The molecule has 1 heterocycles. The minimum absolute atomic E-state index is 0.125. The van der Waals surface area contributed by atoms with Crippen molar-refractivity contribution in [3.63, 3.8) is 0 Å². The Labute approximate surface area is 118 Å². The Hall–Kier alpha value is -2.24. The van der Waals surface area contributed by atoms with Gasteiger partial charge in [0, 0.05) is 12.0 Å². The van der Waals surface area contributed by atoms with Crippen LogP contribution in [0.1, 0.15) is 34.1 Å². The first-order valence-electron chi connectivity index (χ1n) is 6.42. The van der Waals surface area contributed by atoms with Crippen LogP contribution in [-0.2, 0) is 10.3 Å². The van der Waals surface area contributed by atoms with E-state index < -0.39 is 5.97 Å². The smallest absolute Gasteiger partial charge is 0.303 e. The van der Waals surface area contributed by atoms with Gasteiger partial charge in [-0.2, -0.15) is 4.80 Å². The topological polar surface area (TPSA) is 80.9 Å². The summed E-state index contributed by atoms with van der Waals surface area (Å²) in [5.41, 5.74) is 0.869. The fourth-order valence-corrected chi connectivity index (χ4v) is 1.20. The normalized spacial score (nSPS) is 10.6. The molecule has 0 bridgehead atoms. The second-order valence-corrected chi connectivity index (χ2v) is 5.19. The third-order valence-electron chi connectivity index (χ3n) is 2.35. The Morgan fingerprint density at radius 2 is 1.80 bits per heavy atom. The van der Waals surface area contributed by atoms with E-state index in [1.54, 1.807) is 11.7 Å². The van der Waals surface area contributed by atoms with Crippen LogP contribution in [0.15, 0.2) is 30.3 Å². The highest BCUT2D eigenvalue weighted by Crippen LogP contribution is 2.15. The van der Waals surface area contributed by atoms with E-state index >= 15 is 0 Å². The van der Waals surface area contributed by atoms with Crippen LogP contribution < -0.4 is 0 Å². The molecule has 0 aliphatic carbocycles. The van der Waals surface area contributed by atoms with E-state index in [-0.39, 0.29) is 12.0 Å². The molecule has 2 aromatic rings. The number of hydrogen-bond acceptors (Lipinski definition) is 4. The SMILES string of the molecule is CC(C)(C)n1nnc(-c2ccccc2)n1.CCC(=O)O. The summed E-state index contributed by atoms with van der Waals surface area (Å²) in [7, 11) is 0. The maximum Gasteiger partial charge on any atom is 0.303 e. The van der Waals surface area contributed by atoms with Gasteiger partial charge in [-0.1, -0.05) is 37.3 Å². The highest BCUT2D eigenvalue weighted by atomic mass is 16.4. The van der Waals surface area contributed by atoms with E-state index in [1.165, 1.54) is 0 Å². The van der Waals surface area contributed by atoms with Gasteiger partial charge in [-0.15, -0.1) is 10.2 Å². The van der Waals surface area contributed by atoms with Crippen molar-refractivity contribution in [1.82, 2.24) is 20.2 Å². The van der Waals surface area contributed by atoms with Crippen molar-refractivity contribution in [1.29, 1.82) is 0 Å². The van der Waals surface area contributed by atoms with Crippen molar-refractivity contribution >= 4 is 5.97 Å². The van der Waals surface area contributed by atoms with Crippen LogP contribution in [0, 0.1) is 0 Å². The number of benzene rings is 1. The van der Waals surface area contributed by atoms with Gasteiger partial charge in [0.15, 0.2) is 0 Å². The Morgan fingerprint density at radius 3 is 2.20 bits per heavy atom. The molecule has 6 nitrogen and oxygen atoms in total. The molecule has 0 amide bonds. The Bertz CT molecular complexity index is 544. The number of nitrogens with zero attached hydrogens (tertiary/aromatic N) is 4. The first-order valence-corrected chi connectivity index (χ1v) is 6.42. The van der Waals surface area contributed by atoms with Crippen LogP contribution >= 0.6 is 0 Å². The van der Waals surface area contributed by atoms with Crippen molar-refractivity contribution in [3.8, 4) is 11.4 Å². The second kappa shape index (κ2) is 6.79. The summed E-state index contributed by atoms with van der Waals surface area (Å²) in [5.74, 6) is -0.0736. The minimum Gasteiger partial charge on any atom is -0.481 e. The summed E-state index contributed by atoms with van der Waals surface area (Å²) >= 11 is 0. The third kappa shape index (κ3) is 4.79. The molecule has 0 saturated carbocycles. The fourth-order valence-electron chi connectivity index (χ4n) is 1.20. The molecule has 1 aromatic carbocycles. The van der Waals surface area contributed by atoms with Crippen molar-refractivity contribution in [2.45, 2.75) is 39.7 Å². The molecule has 6 heteroatoms. The van der Waals surface area contributed by atoms with Crippen LogP contribution in [0.3, 0.4) is 0 Å². The minimum atomic E-state index is -0.745. The van der Waals surface area contributed by atoms with Gasteiger partial charge in [-0.25, -0.2) is 0 Å². The average molecular weight is 276 g/mol. The summed E-state index contributed by atoms with van der Waals surface area (Å²) in [5, 5.41) is 20.1. The van der Waals surface area contributed by atoms with Crippen molar-refractivity contribution in [2.75, 3.05) is 0 Å². The number of aliphatic carboxylic acids is 1. The number of tetrazole rings is 1. The van der Waals surface area contributed by atoms with Gasteiger partial charge in [0.05, 0.1) is 5.54 Å². The van der Waals surface area contributed by atoms with Crippen LogP contribution in [-0.4, -0.2) is 31.3 Å². The van der Waals surface area contributed by atoms with Crippen LogP contribution in [0.2, 0.25) is 0 Å². The van der Waals surface area contributed by atoms with Gasteiger partial charge in [-0.05, 0) is 26.0 Å². The number of carboxylic acids is 1. The molecule has 20 heavy (non-hydrogen) atoms. The molecular formula is C14H20N4O2. The molecule has 0 unspecified atom stereocenters. The summed E-state index contributed by atoms with van der Waals surface area (Å²) in [6.45, 7) is 7.73. The summed E-state index contributed by atoms with van der Waals surface area (Å²) in [6, 6.07) is 9.85. The number of carboxylic acid groups (broad SMARTS) is 1. The molecule has 0 radical (unpaired) electrons. The van der Waals surface area contributed by atoms with E-state index in [0.29, 0.717) is 5.82 Å². The lowest BCUT2D eigenvalue weighted by molar-refractivity contribution is -0.136. The molecule has 0 atom stereocenters. The molecule has 2 rings (SSSR count). The molecule has 0 spiro atoms. The van der Waals surface area contributed by atoms with Crippen molar-refractivity contribution in [2.24, 2.45) is 0 Å². The standard InChI is InChI=1S/C11H14N4.C3H6O2/c1-11(2,3)15-13-10(12-14-15)9-7-5-4-6-8-9;1-2-3(4)5/h4-8H,1-3H3;2H2,1H3,(H,4,5). The number of hydrogen-bond donors (Lipinski definition) is 1. The lowest BCUT2D eigenvalue weighted by Crippen LogP contribution is -2.24. The lowest BCUT2D eigenvalue weighted by atomic mass is 10.1. The maximum absolute atomic E-state index is 9.37. The zero-order valence-electron chi connectivity index (χ0n) is 12.2. The third-order valence-corrected chi connectivity index (χ3v) is 2.35. The van der Waals surface area contributed by atoms with Gasteiger partial charge in [0.1, 0.15) is 0 Å². The number of rotatable bonds is 2. The molecule has 0 aliphatic heterocycles. The van der Waals surface area contributed by atoms with Crippen LogP contribution in [0.5, 0.6) is 0 Å². The Morgan fingerprint density at radius 1 is 1.25 bits per heavy atom. The van der Waals surface area contributed by atoms with Crippen molar-refractivity contribution < 1.29 is 9.90 Å². The largest absolute Gasteiger partial charge is 0.481 e. The first-order chi connectivity index (χ1) is 9.34. The quantitative estimate of drug-likeness (QED) is 0.911. The lowest BCUT2D eigenvalue weighted by Gasteiger charge is -2.15. The molecule has 108 valence electrons. The van der Waals surface area contributed by atoms with E-state index in [4.69, 9.17) is 5.11 Å². The molecule has 0 fully saturated rings. The van der Waals surface area contributed by atoms with Crippen molar-refractivity contribution in [3.05, 3.63) is 30.3 Å². The van der Waals surface area contributed by atoms with E-state index in [2.05, 4.69) is 15.4 Å². The van der Waals surface area contributed by atoms with Gasteiger partial charge < -0.3 is 5.11 Å². The predicted molar refractivity (Wildman–Crippen MR) is 76.2 cm³/mol. The monoisotopic (exact) mass is 276 g/mol. The number of aromatic nitrogens is 4. The maximum atomic E-state index is 9.37. The van der Waals surface area contributed by atoms with E-state index in [0.717, 1.165) is 5.56 Å². The molecule has 0 aliphatic rings. The predicted octanol–water partition coefficient (Wildman–Crippen LogP) is 2.58. The van der Waals surface area contributed by atoms with Gasteiger partial charge >= 0.3 is 5.97 Å². The summed E-state index contributed by atoms with van der Waals surface area (Å²) in [4.78, 5) is 11.0. The highest BCUT2D eigenvalue weighted by Gasteiger charge is 2.17. The van der Waals surface area contributed by atoms with Crippen LogP contribution in [0.4, 0.5) is 0 Å². The summed E-state index contributed by atoms with van der Waals surface area (Å²) < 4.78 is 0. The Kier molecular flexibility index (Phi) is 5.37. The fraction of sp³-hybridized carbons (Fsp3) is 0.429. The number of carbonyl (C=O) groups is 1. The molecule has 1 N–H and O–H groups in total. The van der Waals surface area contributed by atoms with Crippen LogP contribution in [0.25, 0.3) is 11.4 Å². The molecular weight excluding hydrogens is 256 g/mol. The van der Waals surface area contributed by atoms with E-state index in [9.17, 15) is 4.79 Å². The molecule has 0 saturated heterocycles. The highest BCUT2D eigenvalue weighted by molar-refractivity contribution is 5.66. The van der Waals surface area contributed by atoms with E-state index in [1.807, 2.05) is 51.1 Å². The van der Waals surface area contributed by atoms with Gasteiger partial charge in [0.2, 0.25) is 5.82 Å². The Balaban J connectivity index is 0.000000347. The second-order valence-electron chi connectivity index (χ2n) is 5.19.